The molecule has 2 nitrogen and oxygen atoms in total. The van der Waals surface area contributed by atoms with E-state index < -0.39 is 0 Å². The Hall–Kier alpha value is -1.09. The number of nitrogens with two attached hydrogens (primary N) is 1. The van der Waals surface area contributed by atoms with Crippen LogP contribution < -0.4 is 10.6 Å². The van der Waals surface area contributed by atoms with Crippen LogP contribution in [0.3, 0.4) is 0 Å². The molecular weight excluding hydrogens is 215 g/mol. The summed E-state index contributed by atoms with van der Waals surface area (Å²) >= 11 is 0. The van der Waals surface area contributed by atoms with Crippen LogP contribution in [0, 0.1) is 11.2 Å². The van der Waals surface area contributed by atoms with Crippen molar-refractivity contribution in [2.24, 2.45) is 11.1 Å². The van der Waals surface area contributed by atoms with E-state index >= 15 is 0 Å². The summed E-state index contributed by atoms with van der Waals surface area (Å²) in [5.41, 5.74) is 6.81. The molecule has 0 atom stereocenters. The van der Waals surface area contributed by atoms with E-state index in [-0.39, 0.29) is 11.2 Å². The van der Waals surface area contributed by atoms with Crippen molar-refractivity contribution in [1.82, 2.24) is 0 Å². The lowest BCUT2D eigenvalue weighted by atomic mass is 9.88. The summed E-state index contributed by atoms with van der Waals surface area (Å²) in [6.07, 6.45) is 2.15. The number of halogens is 1. The predicted octanol–water partition coefficient (Wildman–Crippen LogP) is 3.03. The molecule has 0 amide bonds. The minimum Gasteiger partial charge on any atom is -0.375 e. The maximum absolute atomic E-state index is 13.1. The van der Waals surface area contributed by atoms with Gasteiger partial charge < -0.3 is 10.6 Å². The standard InChI is InChI=1S/C14H23FN2/c1-14(2,11-16)8-5-9-17(3)13-7-4-6-12(15)10-13/h4,6-7,10H,5,8-9,11,16H2,1-3H3. The summed E-state index contributed by atoms with van der Waals surface area (Å²) < 4.78 is 13.1. The minimum absolute atomic E-state index is 0.184. The van der Waals surface area contributed by atoms with E-state index in [0.717, 1.165) is 25.1 Å². The molecule has 3 heteroatoms. The Labute approximate surface area is 104 Å². The van der Waals surface area contributed by atoms with E-state index in [1.54, 1.807) is 12.1 Å². The number of nitrogens with zero attached hydrogens (tertiary/aromatic N) is 1. The van der Waals surface area contributed by atoms with Gasteiger partial charge in [-0.3, -0.25) is 0 Å². The second-order valence-electron chi connectivity index (χ2n) is 5.37. The van der Waals surface area contributed by atoms with E-state index in [1.165, 1.54) is 6.07 Å². The van der Waals surface area contributed by atoms with Gasteiger partial charge in [-0.25, -0.2) is 4.39 Å². The zero-order valence-corrected chi connectivity index (χ0v) is 11.0. The molecule has 17 heavy (non-hydrogen) atoms. The van der Waals surface area contributed by atoms with E-state index in [9.17, 15) is 4.39 Å². The van der Waals surface area contributed by atoms with Crippen molar-refractivity contribution in [1.29, 1.82) is 0 Å². The van der Waals surface area contributed by atoms with Crippen molar-refractivity contribution in [3.05, 3.63) is 30.1 Å². The highest BCUT2D eigenvalue weighted by Crippen LogP contribution is 2.21. The van der Waals surface area contributed by atoms with Crippen molar-refractivity contribution in [2.75, 3.05) is 25.0 Å². The fourth-order valence-corrected chi connectivity index (χ4v) is 1.74. The molecule has 1 aromatic rings. The largest absolute Gasteiger partial charge is 0.375 e. The Morgan fingerprint density at radius 2 is 2.06 bits per heavy atom. The maximum atomic E-state index is 13.1. The molecule has 0 saturated carbocycles. The molecule has 0 heterocycles. The van der Waals surface area contributed by atoms with Crippen LogP contribution in [0.4, 0.5) is 10.1 Å². The highest BCUT2D eigenvalue weighted by Gasteiger charge is 2.15. The van der Waals surface area contributed by atoms with Crippen molar-refractivity contribution in [3.8, 4) is 0 Å². The van der Waals surface area contributed by atoms with Crippen molar-refractivity contribution in [3.63, 3.8) is 0 Å². The number of benzene rings is 1. The first-order valence-electron chi connectivity index (χ1n) is 6.11. The summed E-state index contributed by atoms with van der Waals surface area (Å²) in [5, 5.41) is 0. The van der Waals surface area contributed by atoms with Gasteiger partial charge in [-0.15, -0.1) is 0 Å². The lowest BCUT2D eigenvalue weighted by molar-refractivity contribution is 0.338. The van der Waals surface area contributed by atoms with Gasteiger partial charge in [0.05, 0.1) is 0 Å². The molecular formula is C14H23FN2. The molecule has 0 spiro atoms. The van der Waals surface area contributed by atoms with E-state index in [1.807, 2.05) is 13.1 Å². The van der Waals surface area contributed by atoms with Gasteiger partial charge in [-0.05, 0) is 43.0 Å². The van der Waals surface area contributed by atoms with Gasteiger partial charge in [-0.2, -0.15) is 0 Å². The zero-order chi connectivity index (χ0) is 12.9. The van der Waals surface area contributed by atoms with Gasteiger partial charge in [0, 0.05) is 19.3 Å². The summed E-state index contributed by atoms with van der Waals surface area (Å²) in [6, 6.07) is 6.70. The number of rotatable bonds is 6. The maximum Gasteiger partial charge on any atom is 0.125 e. The van der Waals surface area contributed by atoms with Crippen LogP contribution in [0.25, 0.3) is 0 Å². The lowest BCUT2D eigenvalue weighted by Crippen LogP contribution is -2.26. The van der Waals surface area contributed by atoms with Crippen LogP contribution in [0.2, 0.25) is 0 Å². The van der Waals surface area contributed by atoms with Gasteiger partial charge in [0.15, 0.2) is 0 Å². The first-order chi connectivity index (χ1) is 7.94. The fraction of sp³-hybridized carbons (Fsp3) is 0.571. The summed E-state index contributed by atoms with van der Waals surface area (Å²) in [6.45, 7) is 5.98. The normalized spacial score (nSPS) is 11.6. The van der Waals surface area contributed by atoms with Crippen LogP contribution in [0.1, 0.15) is 26.7 Å². The Kier molecular flexibility index (Phi) is 4.94. The molecule has 0 fully saturated rings. The average Bonchev–Trinajstić information content (AvgIpc) is 2.28. The highest BCUT2D eigenvalue weighted by molar-refractivity contribution is 5.45. The Morgan fingerprint density at radius 1 is 1.35 bits per heavy atom. The number of anilines is 1. The summed E-state index contributed by atoms with van der Waals surface area (Å²) in [4.78, 5) is 2.08. The van der Waals surface area contributed by atoms with Gasteiger partial charge in [-0.1, -0.05) is 19.9 Å². The molecule has 0 aromatic heterocycles. The topological polar surface area (TPSA) is 29.3 Å². The third kappa shape index (κ3) is 4.73. The second kappa shape index (κ2) is 6.01. The van der Waals surface area contributed by atoms with E-state index in [4.69, 9.17) is 5.73 Å². The van der Waals surface area contributed by atoms with Crippen molar-refractivity contribution < 1.29 is 4.39 Å². The molecule has 96 valence electrons. The Balaban J connectivity index is 2.42. The van der Waals surface area contributed by atoms with Crippen LogP contribution in [-0.2, 0) is 0 Å². The molecule has 0 radical (unpaired) electrons. The molecule has 2 N–H and O–H groups in total. The fourth-order valence-electron chi connectivity index (χ4n) is 1.74. The molecule has 0 saturated heterocycles. The van der Waals surface area contributed by atoms with Crippen LogP contribution in [0.5, 0.6) is 0 Å². The van der Waals surface area contributed by atoms with Crippen LogP contribution >= 0.6 is 0 Å². The average molecular weight is 238 g/mol. The minimum atomic E-state index is -0.184. The highest BCUT2D eigenvalue weighted by atomic mass is 19.1. The molecule has 1 aromatic carbocycles. The SMILES string of the molecule is CN(CCCC(C)(C)CN)c1cccc(F)c1. The van der Waals surface area contributed by atoms with Crippen molar-refractivity contribution >= 4 is 5.69 Å². The first-order valence-corrected chi connectivity index (χ1v) is 6.11. The summed E-state index contributed by atoms with van der Waals surface area (Å²) in [5.74, 6) is -0.184. The number of hydrogen-bond donors (Lipinski definition) is 1. The Morgan fingerprint density at radius 3 is 2.65 bits per heavy atom. The Bertz CT molecular complexity index is 350. The van der Waals surface area contributed by atoms with Crippen LogP contribution in [-0.4, -0.2) is 20.1 Å². The second-order valence-corrected chi connectivity index (χ2v) is 5.37. The first kappa shape index (κ1) is 14.0. The van der Waals surface area contributed by atoms with Gasteiger partial charge in [0.2, 0.25) is 0 Å². The van der Waals surface area contributed by atoms with E-state index in [0.29, 0.717) is 6.54 Å². The zero-order valence-electron chi connectivity index (χ0n) is 11.0. The lowest BCUT2D eigenvalue weighted by Gasteiger charge is -2.25. The van der Waals surface area contributed by atoms with Crippen LogP contribution in [0.15, 0.2) is 24.3 Å². The van der Waals surface area contributed by atoms with Gasteiger partial charge >= 0.3 is 0 Å². The third-order valence-electron chi connectivity index (χ3n) is 3.15. The monoisotopic (exact) mass is 238 g/mol. The molecule has 0 aliphatic rings. The summed E-state index contributed by atoms with van der Waals surface area (Å²) in [7, 11) is 1.99. The molecule has 0 aliphatic heterocycles. The molecule has 0 unspecified atom stereocenters. The molecule has 0 bridgehead atoms. The quantitative estimate of drug-likeness (QED) is 0.825. The number of hydrogen-bond acceptors (Lipinski definition) is 2. The van der Waals surface area contributed by atoms with Gasteiger partial charge in [0.25, 0.3) is 0 Å². The third-order valence-corrected chi connectivity index (χ3v) is 3.15. The molecule has 1 rings (SSSR count). The smallest absolute Gasteiger partial charge is 0.125 e. The van der Waals surface area contributed by atoms with Crippen molar-refractivity contribution in [2.45, 2.75) is 26.7 Å². The molecule has 0 aliphatic carbocycles. The predicted molar refractivity (Wildman–Crippen MR) is 71.7 cm³/mol. The van der Waals surface area contributed by atoms with Gasteiger partial charge in [0.1, 0.15) is 5.82 Å². The van der Waals surface area contributed by atoms with E-state index in [2.05, 4.69) is 18.7 Å².